The summed E-state index contributed by atoms with van der Waals surface area (Å²) in [6.07, 6.45) is 2.14. The third-order valence-electron chi connectivity index (χ3n) is 4.84. The number of likely N-dealkylation sites (N-methyl/N-ethyl adjacent to an activating group) is 1. The zero-order valence-corrected chi connectivity index (χ0v) is 18.4. The number of hydrogen-bond donors (Lipinski definition) is 2. The van der Waals surface area contributed by atoms with E-state index in [-0.39, 0.29) is 18.4 Å². The molecular formula is C21H20Cl3N3S. The summed E-state index contributed by atoms with van der Waals surface area (Å²) in [6.45, 7) is 1.64. The van der Waals surface area contributed by atoms with Crippen molar-refractivity contribution in [1.82, 2.24) is 15.5 Å². The fourth-order valence-corrected chi connectivity index (χ4v) is 4.29. The summed E-state index contributed by atoms with van der Waals surface area (Å²) < 4.78 is 0. The van der Waals surface area contributed by atoms with Crippen molar-refractivity contribution in [3.63, 3.8) is 0 Å². The minimum absolute atomic E-state index is 0. The first kappa shape index (κ1) is 21.2. The van der Waals surface area contributed by atoms with Gasteiger partial charge in [0.2, 0.25) is 0 Å². The number of nitrogens with zero attached hydrogens (tertiary/aromatic N) is 1. The minimum atomic E-state index is -0.0557. The van der Waals surface area contributed by atoms with Crippen LogP contribution in [0, 0.1) is 0 Å². The Hall–Kier alpha value is -1.56. The van der Waals surface area contributed by atoms with E-state index in [9.17, 15) is 0 Å². The van der Waals surface area contributed by atoms with Crippen molar-refractivity contribution in [3.05, 3.63) is 86.5 Å². The van der Waals surface area contributed by atoms with Crippen molar-refractivity contribution < 1.29 is 0 Å². The molecule has 0 saturated carbocycles. The lowest BCUT2D eigenvalue weighted by Crippen LogP contribution is -2.49. The average molecular weight is 453 g/mol. The van der Waals surface area contributed by atoms with E-state index in [0.717, 1.165) is 45.5 Å². The second-order valence-electron chi connectivity index (χ2n) is 6.82. The zero-order chi connectivity index (χ0) is 19.0. The van der Waals surface area contributed by atoms with E-state index in [1.54, 1.807) is 0 Å². The first-order chi connectivity index (χ1) is 13.0. The molecule has 0 spiro atoms. The van der Waals surface area contributed by atoms with Gasteiger partial charge in [-0.2, -0.15) is 0 Å². The van der Waals surface area contributed by atoms with E-state index in [0.29, 0.717) is 5.11 Å². The Morgan fingerprint density at radius 1 is 1.04 bits per heavy atom. The van der Waals surface area contributed by atoms with Crippen molar-refractivity contribution in [1.29, 1.82) is 0 Å². The van der Waals surface area contributed by atoms with E-state index < -0.39 is 0 Å². The predicted octanol–water partition coefficient (Wildman–Crippen LogP) is 5.22. The molecule has 0 saturated heterocycles. The molecule has 1 atom stereocenters. The zero-order valence-electron chi connectivity index (χ0n) is 15.2. The second kappa shape index (κ2) is 8.85. The van der Waals surface area contributed by atoms with Crippen LogP contribution in [0.15, 0.2) is 65.4 Å². The van der Waals surface area contributed by atoms with E-state index in [2.05, 4.69) is 28.7 Å². The molecule has 7 heteroatoms. The molecule has 1 unspecified atom stereocenters. The molecule has 146 valence electrons. The summed E-state index contributed by atoms with van der Waals surface area (Å²) in [7, 11) is 2.11. The molecule has 2 aromatic rings. The van der Waals surface area contributed by atoms with Crippen LogP contribution < -0.4 is 10.6 Å². The molecule has 2 N–H and O–H groups in total. The third-order valence-corrected chi connectivity index (χ3v) is 5.74. The SMILES string of the molecule is CN1CC2=C(NC(=S)NC2c2ccccc2Cl)/C(=C\c2ccccc2Cl)C1.Cl. The Morgan fingerprint density at radius 3 is 2.43 bits per heavy atom. The van der Waals surface area contributed by atoms with Crippen molar-refractivity contribution in [2.45, 2.75) is 6.04 Å². The van der Waals surface area contributed by atoms with Gasteiger partial charge in [-0.05, 0) is 59.7 Å². The summed E-state index contributed by atoms with van der Waals surface area (Å²) >= 11 is 18.4. The highest BCUT2D eigenvalue weighted by Crippen LogP contribution is 2.36. The van der Waals surface area contributed by atoms with Crippen LogP contribution in [0.3, 0.4) is 0 Å². The molecule has 2 heterocycles. The van der Waals surface area contributed by atoms with Crippen LogP contribution in [0.25, 0.3) is 6.08 Å². The lowest BCUT2D eigenvalue weighted by molar-refractivity contribution is 0.364. The normalized spacial score (nSPS) is 20.9. The smallest absolute Gasteiger partial charge is 0.171 e. The molecule has 2 aliphatic rings. The summed E-state index contributed by atoms with van der Waals surface area (Å²) in [6, 6.07) is 15.7. The van der Waals surface area contributed by atoms with Gasteiger partial charge in [0.25, 0.3) is 0 Å². The lowest BCUT2D eigenvalue weighted by Gasteiger charge is -2.39. The molecule has 0 amide bonds. The highest BCUT2D eigenvalue weighted by molar-refractivity contribution is 7.80. The van der Waals surface area contributed by atoms with Gasteiger partial charge in [0.15, 0.2) is 5.11 Å². The Kier molecular flexibility index (Phi) is 6.69. The third kappa shape index (κ3) is 4.22. The number of hydrogen-bond acceptors (Lipinski definition) is 2. The molecule has 0 fully saturated rings. The predicted molar refractivity (Wildman–Crippen MR) is 124 cm³/mol. The second-order valence-corrected chi connectivity index (χ2v) is 8.04. The van der Waals surface area contributed by atoms with Crippen LogP contribution in [0.4, 0.5) is 0 Å². The van der Waals surface area contributed by atoms with Gasteiger partial charge in [0.05, 0.1) is 6.04 Å². The van der Waals surface area contributed by atoms with E-state index in [4.69, 9.17) is 35.4 Å². The van der Waals surface area contributed by atoms with Gasteiger partial charge in [-0.25, -0.2) is 0 Å². The van der Waals surface area contributed by atoms with Gasteiger partial charge < -0.3 is 10.6 Å². The largest absolute Gasteiger partial charge is 0.352 e. The maximum absolute atomic E-state index is 6.49. The molecule has 0 radical (unpaired) electrons. The Balaban J connectivity index is 0.00000225. The van der Waals surface area contributed by atoms with Gasteiger partial charge in [-0.3, -0.25) is 4.90 Å². The first-order valence-corrected chi connectivity index (χ1v) is 9.88. The average Bonchev–Trinajstić information content (AvgIpc) is 2.64. The lowest BCUT2D eigenvalue weighted by atomic mass is 9.89. The van der Waals surface area contributed by atoms with Crippen LogP contribution in [0.2, 0.25) is 10.0 Å². The van der Waals surface area contributed by atoms with E-state index in [1.807, 2.05) is 48.5 Å². The number of rotatable bonds is 2. The molecule has 0 bridgehead atoms. The molecule has 2 aliphatic heterocycles. The first-order valence-electron chi connectivity index (χ1n) is 8.72. The molecule has 28 heavy (non-hydrogen) atoms. The molecule has 2 aromatic carbocycles. The molecular weight excluding hydrogens is 433 g/mol. The van der Waals surface area contributed by atoms with Crippen LogP contribution >= 0.6 is 47.8 Å². The highest BCUT2D eigenvalue weighted by atomic mass is 35.5. The van der Waals surface area contributed by atoms with Crippen LogP contribution in [0.1, 0.15) is 17.2 Å². The van der Waals surface area contributed by atoms with Gasteiger partial charge >= 0.3 is 0 Å². The Morgan fingerprint density at radius 2 is 1.71 bits per heavy atom. The summed E-state index contributed by atoms with van der Waals surface area (Å²) in [4.78, 5) is 2.28. The maximum atomic E-state index is 6.49. The van der Waals surface area contributed by atoms with Crippen molar-refractivity contribution in [3.8, 4) is 0 Å². The maximum Gasteiger partial charge on any atom is 0.171 e. The number of halogens is 3. The van der Waals surface area contributed by atoms with Crippen molar-refractivity contribution in [2.75, 3.05) is 20.1 Å². The standard InChI is InChI=1S/C21H19Cl2N3S.ClH/c1-26-11-14(10-13-6-2-4-8-17(13)22)19-16(12-26)20(25-21(27)24-19)15-7-3-5-9-18(15)23;/h2-10,20H,11-12H2,1H3,(H2,24,25,27);1H/b14-10-;. The van der Waals surface area contributed by atoms with Gasteiger partial charge in [0.1, 0.15) is 0 Å². The quantitative estimate of drug-likeness (QED) is 0.611. The number of thiocarbonyl (C=S) groups is 1. The van der Waals surface area contributed by atoms with E-state index in [1.165, 1.54) is 5.57 Å². The van der Waals surface area contributed by atoms with Gasteiger partial charge in [-0.15, -0.1) is 12.4 Å². The summed E-state index contributed by atoms with van der Waals surface area (Å²) in [5.41, 5.74) is 5.48. The van der Waals surface area contributed by atoms with Crippen molar-refractivity contribution >= 4 is 59.0 Å². The molecule has 0 aliphatic carbocycles. The highest BCUT2D eigenvalue weighted by Gasteiger charge is 2.33. The fraction of sp³-hybridized carbons (Fsp3) is 0.190. The van der Waals surface area contributed by atoms with Crippen LogP contribution in [-0.4, -0.2) is 30.1 Å². The monoisotopic (exact) mass is 451 g/mol. The van der Waals surface area contributed by atoms with Crippen LogP contribution in [-0.2, 0) is 0 Å². The van der Waals surface area contributed by atoms with Gasteiger partial charge in [0, 0.05) is 28.8 Å². The Bertz CT molecular complexity index is 971. The van der Waals surface area contributed by atoms with Gasteiger partial charge in [-0.1, -0.05) is 59.6 Å². The Labute approximate surface area is 186 Å². The van der Waals surface area contributed by atoms with Crippen molar-refractivity contribution in [2.24, 2.45) is 0 Å². The molecule has 4 rings (SSSR count). The topological polar surface area (TPSA) is 27.3 Å². The fourth-order valence-electron chi connectivity index (χ4n) is 3.64. The summed E-state index contributed by atoms with van der Waals surface area (Å²) in [5.74, 6) is 0. The van der Waals surface area contributed by atoms with E-state index >= 15 is 0 Å². The minimum Gasteiger partial charge on any atom is -0.352 e. The van der Waals surface area contributed by atoms with Crippen LogP contribution in [0.5, 0.6) is 0 Å². The molecule has 0 aromatic heterocycles. The number of nitrogens with one attached hydrogen (secondary N) is 2. The molecule has 3 nitrogen and oxygen atoms in total. The number of benzene rings is 2. The summed E-state index contributed by atoms with van der Waals surface area (Å²) in [5, 5.41) is 8.83.